The molecule has 2 rings (SSSR count). The summed E-state index contributed by atoms with van der Waals surface area (Å²) < 4.78 is 7.16. The average molecular weight is 252 g/mol. The molecule has 0 amide bonds. The third-order valence-electron chi connectivity index (χ3n) is 2.51. The monoisotopic (exact) mass is 251 g/mol. The maximum Gasteiger partial charge on any atom is 0.119 e. The standard InChI is InChI=1S/C12H14ClN3O/c1-3-17-11-6-4-10(5-7-11)16-9(2)12(8-13)14-15-16/h4-7H,3,8H2,1-2H3. The first-order chi connectivity index (χ1) is 8.26. The van der Waals surface area contributed by atoms with Gasteiger partial charge in [0, 0.05) is 0 Å². The van der Waals surface area contributed by atoms with Gasteiger partial charge in [-0.3, -0.25) is 0 Å². The van der Waals surface area contributed by atoms with E-state index in [0.717, 1.165) is 22.8 Å². The Morgan fingerprint density at radius 3 is 2.53 bits per heavy atom. The van der Waals surface area contributed by atoms with Crippen LogP contribution in [0.25, 0.3) is 5.69 Å². The fourth-order valence-corrected chi connectivity index (χ4v) is 1.83. The second kappa shape index (κ2) is 5.19. The third kappa shape index (κ3) is 2.42. The van der Waals surface area contributed by atoms with Crippen LogP contribution in [0.3, 0.4) is 0 Å². The highest BCUT2D eigenvalue weighted by Gasteiger charge is 2.08. The van der Waals surface area contributed by atoms with Crippen molar-refractivity contribution in [3.05, 3.63) is 35.7 Å². The van der Waals surface area contributed by atoms with Gasteiger partial charge in [-0.05, 0) is 38.1 Å². The van der Waals surface area contributed by atoms with Crippen molar-refractivity contribution in [3.63, 3.8) is 0 Å². The Morgan fingerprint density at radius 2 is 2.00 bits per heavy atom. The summed E-state index contributed by atoms with van der Waals surface area (Å²) in [5.74, 6) is 1.23. The molecule has 90 valence electrons. The molecule has 0 fully saturated rings. The molecule has 0 bridgehead atoms. The quantitative estimate of drug-likeness (QED) is 0.785. The minimum Gasteiger partial charge on any atom is -0.494 e. The largest absolute Gasteiger partial charge is 0.494 e. The summed E-state index contributed by atoms with van der Waals surface area (Å²) in [7, 11) is 0. The fraction of sp³-hybridized carbons (Fsp3) is 0.333. The van der Waals surface area contributed by atoms with Gasteiger partial charge in [-0.15, -0.1) is 16.7 Å². The lowest BCUT2D eigenvalue weighted by molar-refractivity contribution is 0.340. The van der Waals surface area contributed by atoms with Crippen molar-refractivity contribution in [1.82, 2.24) is 15.0 Å². The van der Waals surface area contributed by atoms with E-state index in [1.807, 2.05) is 38.1 Å². The van der Waals surface area contributed by atoms with E-state index in [-0.39, 0.29) is 0 Å². The molecule has 0 N–H and O–H groups in total. The third-order valence-corrected chi connectivity index (χ3v) is 2.76. The van der Waals surface area contributed by atoms with Gasteiger partial charge in [0.05, 0.1) is 23.9 Å². The van der Waals surface area contributed by atoms with E-state index in [4.69, 9.17) is 16.3 Å². The number of aromatic nitrogens is 3. The Morgan fingerprint density at radius 1 is 1.29 bits per heavy atom. The molecule has 0 unspecified atom stereocenters. The minimum absolute atomic E-state index is 0.378. The molecule has 1 aromatic heterocycles. The molecule has 2 aromatic rings. The number of hydrogen-bond donors (Lipinski definition) is 0. The van der Waals surface area contributed by atoms with Crippen LogP contribution in [0.5, 0.6) is 5.75 Å². The molecule has 0 aliphatic carbocycles. The normalized spacial score (nSPS) is 10.5. The number of nitrogens with zero attached hydrogens (tertiary/aromatic N) is 3. The Labute approximate surface area is 105 Å². The highest BCUT2D eigenvalue weighted by Crippen LogP contribution is 2.17. The van der Waals surface area contributed by atoms with Crippen LogP contribution in [0.4, 0.5) is 0 Å². The van der Waals surface area contributed by atoms with Crippen molar-refractivity contribution in [2.24, 2.45) is 0 Å². The van der Waals surface area contributed by atoms with Gasteiger partial charge in [0.25, 0.3) is 0 Å². The molecular weight excluding hydrogens is 238 g/mol. The molecule has 0 aliphatic heterocycles. The summed E-state index contributed by atoms with van der Waals surface area (Å²) in [5, 5.41) is 8.09. The van der Waals surface area contributed by atoms with Crippen LogP contribution in [0.1, 0.15) is 18.3 Å². The summed E-state index contributed by atoms with van der Waals surface area (Å²) in [5.41, 5.74) is 2.72. The molecule has 5 heteroatoms. The molecule has 1 aromatic carbocycles. The zero-order valence-corrected chi connectivity index (χ0v) is 10.6. The number of benzene rings is 1. The summed E-state index contributed by atoms with van der Waals surface area (Å²) in [6.45, 7) is 4.58. The Hall–Kier alpha value is -1.55. The summed E-state index contributed by atoms with van der Waals surface area (Å²) >= 11 is 5.76. The van der Waals surface area contributed by atoms with Crippen molar-refractivity contribution in [2.45, 2.75) is 19.7 Å². The van der Waals surface area contributed by atoms with Gasteiger partial charge < -0.3 is 4.74 Å². The van der Waals surface area contributed by atoms with Gasteiger partial charge in [0.2, 0.25) is 0 Å². The second-order valence-electron chi connectivity index (χ2n) is 3.59. The molecule has 0 saturated carbocycles. The van der Waals surface area contributed by atoms with E-state index in [0.29, 0.717) is 12.5 Å². The maximum atomic E-state index is 5.76. The predicted molar refractivity (Wildman–Crippen MR) is 66.8 cm³/mol. The smallest absolute Gasteiger partial charge is 0.119 e. The molecule has 0 spiro atoms. The lowest BCUT2D eigenvalue weighted by Gasteiger charge is -2.06. The summed E-state index contributed by atoms with van der Waals surface area (Å²) in [4.78, 5) is 0. The van der Waals surface area contributed by atoms with Gasteiger partial charge in [-0.1, -0.05) is 5.21 Å². The van der Waals surface area contributed by atoms with Crippen LogP contribution in [0.2, 0.25) is 0 Å². The number of halogens is 1. The van der Waals surface area contributed by atoms with Gasteiger partial charge in [0.15, 0.2) is 0 Å². The molecule has 17 heavy (non-hydrogen) atoms. The van der Waals surface area contributed by atoms with E-state index in [1.165, 1.54) is 0 Å². The molecule has 4 nitrogen and oxygen atoms in total. The van der Waals surface area contributed by atoms with Crippen LogP contribution in [-0.2, 0) is 5.88 Å². The number of hydrogen-bond acceptors (Lipinski definition) is 3. The Balaban J connectivity index is 2.30. The van der Waals surface area contributed by atoms with E-state index < -0.39 is 0 Å². The van der Waals surface area contributed by atoms with Crippen LogP contribution in [0.15, 0.2) is 24.3 Å². The zero-order valence-electron chi connectivity index (χ0n) is 9.85. The van der Waals surface area contributed by atoms with E-state index in [9.17, 15) is 0 Å². The van der Waals surface area contributed by atoms with Crippen molar-refractivity contribution < 1.29 is 4.74 Å². The summed E-state index contributed by atoms with van der Waals surface area (Å²) in [6.07, 6.45) is 0. The highest BCUT2D eigenvalue weighted by atomic mass is 35.5. The van der Waals surface area contributed by atoms with Crippen molar-refractivity contribution >= 4 is 11.6 Å². The second-order valence-corrected chi connectivity index (χ2v) is 3.86. The van der Waals surface area contributed by atoms with Gasteiger partial charge in [0.1, 0.15) is 11.4 Å². The average Bonchev–Trinajstić information content (AvgIpc) is 2.72. The molecule has 1 heterocycles. The first-order valence-corrected chi connectivity index (χ1v) is 6.00. The van der Waals surface area contributed by atoms with Gasteiger partial charge in [-0.25, -0.2) is 4.68 Å². The molecule has 0 atom stereocenters. The summed E-state index contributed by atoms with van der Waals surface area (Å²) in [6, 6.07) is 7.73. The Kier molecular flexibility index (Phi) is 3.64. The number of alkyl halides is 1. The number of ether oxygens (including phenoxy) is 1. The van der Waals surface area contributed by atoms with Gasteiger partial charge in [-0.2, -0.15) is 0 Å². The number of rotatable bonds is 4. The highest BCUT2D eigenvalue weighted by molar-refractivity contribution is 6.16. The molecule has 0 saturated heterocycles. The molecule has 0 aliphatic rings. The minimum atomic E-state index is 0.378. The van der Waals surface area contributed by atoms with Crippen LogP contribution < -0.4 is 4.74 Å². The van der Waals surface area contributed by atoms with Crippen LogP contribution in [0, 0.1) is 6.92 Å². The predicted octanol–water partition coefficient (Wildman–Crippen LogP) is 2.71. The lowest BCUT2D eigenvalue weighted by Crippen LogP contribution is -1.99. The van der Waals surface area contributed by atoms with Crippen molar-refractivity contribution in [1.29, 1.82) is 0 Å². The first-order valence-electron chi connectivity index (χ1n) is 5.46. The first kappa shape index (κ1) is 11.9. The maximum absolute atomic E-state index is 5.76. The van der Waals surface area contributed by atoms with Gasteiger partial charge >= 0.3 is 0 Å². The SMILES string of the molecule is CCOc1ccc(-n2nnc(CCl)c2C)cc1. The topological polar surface area (TPSA) is 39.9 Å². The van der Waals surface area contributed by atoms with E-state index in [2.05, 4.69) is 10.3 Å². The van der Waals surface area contributed by atoms with E-state index in [1.54, 1.807) is 4.68 Å². The van der Waals surface area contributed by atoms with Crippen molar-refractivity contribution in [3.8, 4) is 11.4 Å². The lowest BCUT2D eigenvalue weighted by atomic mass is 10.3. The zero-order chi connectivity index (χ0) is 12.3. The molecule has 0 radical (unpaired) electrons. The Bertz CT molecular complexity index is 493. The van der Waals surface area contributed by atoms with Crippen LogP contribution in [-0.4, -0.2) is 21.6 Å². The van der Waals surface area contributed by atoms with Crippen LogP contribution >= 0.6 is 11.6 Å². The van der Waals surface area contributed by atoms with Crippen molar-refractivity contribution in [2.75, 3.05) is 6.61 Å². The molecular formula is C12H14ClN3O. The fourth-order valence-electron chi connectivity index (χ4n) is 1.58. The van der Waals surface area contributed by atoms with E-state index >= 15 is 0 Å².